The molecule has 0 fully saturated rings. The van der Waals surface area contributed by atoms with Gasteiger partial charge in [-0.05, 0) is 0 Å². The average molecular weight is 147 g/mol. The van der Waals surface area contributed by atoms with Crippen LogP contribution in [0.4, 0.5) is 0 Å². The van der Waals surface area contributed by atoms with E-state index < -0.39 is 5.97 Å². The maximum atomic E-state index is 9.32. The molecule has 0 aromatic heterocycles. The van der Waals surface area contributed by atoms with Gasteiger partial charge in [-0.25, -0.2) is 0 Å². The van der Waals surface area contributed by atoms with Crippen molar-refractivity contribution in [3.8, 4) is 0 Å². The van der Waals surface area contributed by atoms with E-state index in [0.717, 1.165) is 0 Å². The molecule has 0 aliphatic heterocycles. The van der Waals surface area contributed by atoms with E-state index in [-0.39, 0.29) is 24.2 Å². The Bertz CT molecular complexity index is 46.8. The van der Waals surface area contributed by atoms with Crippen molar-refractivity contribution in [1.82, 2.24) is 0 Å². The molecule has 0 aromatic rings. The number of hydrogen-bond donors (Lipinski definition) is 1. The number of hydrogen-bond acceptors (Lipinski definition) is 1. The molecule has 2 nitrogen and oxygen atoms in total. The van der Waals surface area contributed by atoms with Crippen molar-refractivity contribution in [2.24, 2.45) is 0 Å². The van der Waals surface area contributed by atoms with Crippen molar-refractivity contribution in [1.29, 1.82) is 0 Å². The maximum absolute atomic E-state index is 9.32. The summed E-state index contributed by atoms with van der Waals surface area (Å²) in [5.74, 6) is -0.829. The van der Waals surface area contributed by atoms with Gasteiger partial charge in [0.1, 0.15) is 5.33 Å². The van der Waals surface area contributed by atoms with E-state index in [1.54, 1.807) is 0 Å². The Labute approximate surface area is 56.2 Å². The number of halogens is 1. The van der Waals surface area contributed by atoms with Crippen LogP contribution in [-0.2, 0) is 4.79 Å². The Kier molecular flexibility index (Phi) is 9.01. The van der Waals surface area contributed by atoms with E-state index in [0.29, 0.717) is 0 Å². The SMILES string of the molecule is O=C(O)CBr.[LiH]. The van der Waals surface area contributed by atoms with Crippen LogP contribution in [-0.4, -0.2) is 35.3 Å². The van der Waals surface area contributed by atoms with Crippen LogP contribution < -0.4 is 0 Å². The van der Waals surface area contributed by atoms with E-state index in [1.807, 2.05) is 0 Å². The second-order valence-corrected chi connectivity index (χ2v) is 1.09. The summed E-state index contributed by atoms with van der Waals surface area (Å²) in [6.45, 7) is 0. The zero-order chi connectivity index (χ0) is 4.28. The quantitative estimate of drug-likeness (QED) is 0.412. The number of carboxylic acid groups (broad SMARTS) is 1. The van der Waals surface area contributed by atoms with Crippen molar-refractivity contribution in [2.45, 2.75) is 0 Å². The summed E-state index contributed by atoms with van der Waals surface area (Å²) in [5, 5.41) is 7.71. The number of aliphatic carboxylic acids is 1. The minimum absolute atomic E-state index is 0. The van der Waals surface area contributed by atoms with Crippen LogP contribution in [0.25, 0.3) is 0 Å². The monoisotopic (exact) mass is 146 g/mol. The molecule has 0 aromatic carbocycles. The topological polar surface area (TPSA) is 37.3 Å². The number of carbonyl (C=O) groups is 1. The van der Waals surface area contributed by atoms with Gasteiger partial charge in [-0.15, -0.1) is 0 Å². The third-order valence-electron chi connectivity index (χ3n) is 0.114. The summed E-state index contributed by atoms with van der Waals surface area (Å²) in [7, 11) is 0. The molecular formula is C2H4BrLiO2. The predicted molar refractivity (Wildman–Crippen MR) is 28.6 cm³/mol. The van der Waals surface area contributed by atoms with E-state index >= 15 is 0 Å². The summed E-state index contributed by atoms with van der Waals surface area (Å²) >= 11 is 2.71. The summed E-state index contributed by atoms with van der Waals surface area (Å²) < 4.78 is 0. The Morgan fingerprint density at radius 3 is 2.00 bits per heavy atom. The third-order valence-corrected chi connectivity index (χ3v) is 0.594. The first kappa shape index (κ1) is 9.74. The van der Waals surface area contributed by atoms with Crippen LogP contribution in [0.5, 0.6) is 0 Å². The first-order chi connectivity index (χ1) is 2.27. The van der Waals surface area contributed by atoms with Gasteiger partial charge in [0.15, 0.2) is 0 Å². The molecule has 0 radical (unpaired) electrons. The Hall–Kier alpha value is 0.547. The molecule has 4 heteroatoms. The van der Waals surface area contributed by atoms with Crippen molar-refractivity contribution >= 4 is 40.8 Å². The average Bonchev–Trinajstić information content (AvgIpc) is 1.38. The number of rotatable bonds is 1. The molecule has 0 spiro atoms. The van der Waals surface area contributed by atoms with E-state index in [2.05, 4.69) is 15.9 Å². The molecule has 32 valence electrons. The van der Waals surface area contributed by atoms with Crippen LogP contribution in [0.2, 0.25) is 0 Å². The van der Waals surface area contributed by atoms with Crippen molar-refractivity contribution in [3.63, 3.8) is 0 Å². The Balaban J connectivity index is 0. The van der Waals surface area contributed by atoms with Gasteiger partial charge in [0.2, 0.25) is 0 Å². The fraction of sp³-hybridized carbons (Fsp3) is 0.500. The minimum atomic E-state index is -0.829. The Morgan fingerprint density at radius 2 is 2.00 bits per heavy atom. The molecule has 6 heavy (non-hydrogen) atoms. The van der Waals surface area contributed by atoms with Gasteiger partial charge >= 0.3 is 24.8 Å². The zero-order valence-corrected chi connectivity index (χ0v) is 4.03. The first-order valence-corrected chi connectivity index (χ1v) is 2.17. The molecule has 0 saturated carbocycles. The zero-order valence-electron chi connectivity index (χ0n) is 2.44. The number of carboxylic acids is 1. The van der Waals surface area contributed by atoms with Crippen LogP contribution in [0, 0.1) is 0 Å². The molecule has 0 aliphatic rings. The molecule has 0 saturated heterocycles. The summed E-state index contributed by atoms with van der Waals surface area (Å²) in [6.07, 6.45) is 0. The van der Waals surface area contributed by atoms with E-state index in [4.69, 9.17) is 5.11 Å². The second kappa shape index (κ2) is 5.55. The van der Waals surface area contributed by atoms with Gasteiger partial charge in [-0.2, -0.15) is 0 Å². The number of alkyl halides is 1. The fourth-order valence-corrected chi connectivity index (χ4v) is 0. The van der Waals surface area contributed by atoms with Crippen molar-refractivity contribution < 1.29 is 9.90 Å². The molecule has 0 unspecified atom stereocenters. The molecule has 1 N–H and O–H groups in total. The van der Waals surface area contributed by atoms with Crippen LogP contribution in [0.3, 0.4) is 0 Å². The molecule has 0 amide bonds. The van der Waals surface area contributed by atoms with Gasteiger partial charge in [0.05, 0.1) is 0 Å². The molecule has 0 bridgehead atoms. The van der Waals surface area contributed by atoms with Gasteiger partial charge in [0.25, 0.3) is 0 Å². The third kappa shape index (κ3) is 8.82. The van der Waals surface area contributed by atoms with Gasteiger partial charge in [-0.3, -0.25) is 4.79 Å². The van der Waals surface area contributed by atoms with Crippen molar-refractivity contribution in [3.05, 3.63) is 0 Å². The summed E-state index contributed by atoms with van der Waals surface area (Å²) in [4.78, 5) is 9.32. The van der Waals surface area contributed by atoms with Crippen molar-refractivity contribution in [2.75, 3.05) is 5.33 Å². The van der Waals surface area contributed by atoms with Gasteiger partial charge < -0.3 is 5.11 Å². The molecular weight excluding hydrogens is 143 g/mol. The predicted octanol–water partition coefficient (Wildman–Crippen LogP) is -0.183. The summed E-state index contributed by atoms with van der Waals surface area (Å²) in [6, 6.07) is 0. The van der Waals surface area contributed by atoms with Gasteiger partial charge in [-0.1, -0.05) is 15.9 Å². The van der Waals surface area contributed by atoms with Gasteiger partial charge in [0, 0.05) is 0 Å². The molecule has 0 aliphatic carbocycles. The second-order valence-electron chi connectivity index (χ2n) is 0.527. The normalized spacial score (nSPS) is 6.17. The van der Waals surface area contributed by atoms with Crippen LogP contribution in [0.1, 0.15) is 0 Å². The van der Waals surface area contributed by atoms with Crippen LogP contribution >= 0.6 is 15.9 Å². The standard InChI is InChI=1S/C2H3BrO2.Li.H/c3-1-2(4)5;;/h1H2,(H,4,5);;. The first-order valence-electron chi connectivity index (χ1n) is 1.05. The Morgan fingerprint density at radius 1 is 1.83 bits per heavy atom. The molecule has 0 rings (SSSR count). The van der Waals surface area contributed by atoms with Crippen LogP contribution in [0.15, 0.2) is 0 Å². The molecule has 0 atom stereocenters. The van der Waals surface area contributed by atoms with E-state index in [1.165, 1.54) is 0 Å². The van der Waals surface area contributed by atoms with E-state index in [9.17, 15) is 4.79 Å². The fourth-order valence-electron chi connectivity index (χ4n) is 0. The summed E-state index contributed by atoms with van der Waals surface area (Å²) in [5.41, 5.74) is 0. The molecule has 0 heterocycles.